The van der Waals surface area contributed by atoms with Crippen LogP contribution in [0.1, 0.15) is 42.1 Å². The highest BCUT2D eigenvalue weighted by molar-refractivity contribution is 5.87. The lowest BCUT2D eigenvalue weighted by molar-refractivity contribution is 0.0697. The highest BCUT2D eigenvalue weighted by atomic mass is 16.4. The molecule has 0 spiro atoms. The van der Waals surface area contributed by atoms with Crippen molar-refractivity contribution in [3.05, 3.63) is 35.4 Å². The summed E-state index contributed by atoms with van der Waals surface area (Å²) in [5, 5.41) is 6.90. The normalized spacial score (nSPS) is 12.5. The Bertz CT molecular complexity index is 287. The van der Waals surface area contributed by atoms with Gasteiger partial charge in [0.15, 0.2) is 0 Å². The third kappa shape index (κ3) is 2.31. The highest BCUT2D eigenvalue weighted by Crippen LogP contribution is 2.18. The Morgan fingerprint density at radius 2 is 1.92 bits per heavy atom. The van der Waals surface area contributed by atoms with E-state index >= 15 is 0 Å². The molecule has 1 rings (SSSR count). The van der Waals surface area contributed by atoms with Gasteiger partial charge < -0.3 is 5.11 Å². The summed E-state index contributed by atoms with van der Waals surface area (Å²) in [4.78, 5) is 10.7. The standard InChI is InChI=1S/C11H14O2/c1-3-8(2)9-4-6-10(7-5-9)11(12)13/h4-8H,3H2,1-2H3,(H,12,13)/p+1. The van der Waals surface area contributed by atoms with Crippen molar-refractivity contribution in [3.8, 4) is 0 Å². The molecule has 2 N–H and O–H groups in total. The topological polar surface area (TPSA) is 40.0 Å². The summed E-state index contributed by atoms with van der Waals surface area (Å²) >= 11 is 0. The van der Waals surface area contributed by atoms with E-state index in [9.17, 15) is 4.79 Å². The van der Waals surface area contributed by atoms with Gasteiger partial charge in [0.05, 0.1) is 0 Å². The van der Waals surface area contributed by atoms with E-state index in [2.05, 4.69) is 13.8 Å². The zero-order chi connectivity index (χ0) is 9.84. The Balaban J connectivity index is 2.87. The Kier molecular flexibility index (Phi) is 3.07. The summed E-state index contributed by atoms with van der Waals surface area (Å²) in [6.45, 7) is 4.28. The zero-order valence-electron chi connectivity index (χ0n) is 8.00. The van der Waals surface area contributed by atoms with Crippen molar-refractivity contribution < 1.29 is 9.90 Å². The predicted octanol–water partition coefficient (Wildman–Crippen LogP) is 2.06. The van der Waals surface area contributed by atoms with Gasteiger partial charge in [-0.3, -0.25) is 0 Å². The number of rotatable bonds is 3. The molecule has 0 saturated heterocycles. The Labute approximate surface area is 78.2 Å². The second-order valence-corrected chi connectivity index (χ2v) is 3.26. The number of hydrogen-bond donors (Lipinski definition) is 0. The Morgan fingerprint density at radius 3 is 2.31 bits per heavy atom. The summed E-state index contributed by atoms with van der Waals surface area (Å²) in [6.07, 6.45) is 1.09. The highest BCUT2D eigenvalue weighted by Gasteiger charge is 2.10. The molecular formula is C11H15O2+. The average molecular weight is 179 g/mol. The van der Waals surface area contributed by atoms with Crippen molar-refractivity contribution in [2.24, 2.45) is 0 Å². The van der Waals surface area contributed by atoms with Gasteiger partial charge in [-0.25, -0.2) is 0 Å². The quantitative estimate of drug-likeness (QED) is 0.655. The van der Waals surface area contributed by atoms with Crippen molar-refractivity contribution in [1.29, 1.82) is 0 Å². The molecule has 0 aliphatic carbocycles. The largest absolute Gasteiger partial charge is 0.561 e. The molecule has 1 aromatic carbocycles. The maximum Gasteiger partial charge on any atom is 0.549 e. The van der Waals surface area contributed by atoms with Gasteiger partial charge in [0.2, 0.25) is 0 Å². The first-order valence-electron chi connectivity index (χ1n) is 4.51. The Hall–Kier alpha value is -1.31. The van der Waals surface area contributed by atoms with Crippen LogP contribution >= 0.6 is 0 Å². The van der Waals surface area contributed by atoms with E-state index in [4.69, 9.17) is 5.11 Å². The summed E-state index contributed by atoms with van der Waals surface area (Å²) in [5.41, 5.74) is 1.69. The van der Waals surface area contributed by atoms with E-state index in [1.165, 1.54) is 5.56 Å². The van der Waals surface area contributed by atoms with Crippen LogP contribution in [-0.4, -0.2) is 11.1 Å². The van der Waals surface area contributed by atoms with E-state index < -0.39 is 5.97 Å². The third-order valence-corrected chi connectivity index (χ3v) is 2.35. The van der Waals surface area contributed by atoms with Crippen LogP contribution in [0.3, 0.4) is 0 Å². The molecule has 0 fully saturated rings. The molecule has 1 atom stereocenters. The van der Waals surface area contributed by atoms with Crippen LogP contribution in [0.2, 0.25) is 0 Å². The minimum atomic E-state index is -0.615. The van der Waals surface area contributed by atoms with Crippen LogP contribution < -0.4 is 0 Å². The fraction of sp³-hybridized carbons (Fsp3) is 0.364. The van der Waals surface area contributed by atoms with E-state index in [0.29, 0.717) is 11.5 Å². The number of carbonyl (C=O) groups is 1. The van der Waals surface area contributed by atoms with Gasteiger partial charge >= 0.3 is 5.97 Å². The molecule has 0 aliphatic heterocycles. The summed E-state index contributed by atoms with van der Waals surface area (Å²) in [6, 6.07) is 7.29. The van der Waals surface area contributed by atoms with E-state index in [-0.39, 0.29) is 0 Å². The van der Waals surface area contributed by atoms with Crippen LogP contribution in [-0.2, 0) is 0 Å². The van der Waals surface area contributed by atoms with Crippen molar-refractivity contribution in [1.82, 2.24) is 0 Å². The first kappa shape index (κ1) is 9.78. The number of hydrogen-bond acceptors (Lipinski definition) is 1. The van der Waals surface area contributed by atoms with Gasteiger partial charge in [-0.1, -0.05) is 26.0 Å². The molecule has 0 saturated carbocycles. The van der Waals surface area contributed by atoms with Crippen molar-refractivity contribution in [2.45, 2.75) is 26.2 Å². The van der Waals surface area contributed by atoms with Crippen LogP contribution in [0, 0.1) is 0 Å². The second kappa shape index (κ2) is 4.08. The van der Waals surface area contributed by atoms with E-state index in [0.717, 1.165) is 6.42 Å². The molecule has 70 valence electrons. The lowest BCUT2D eigenvalue weighted by Gasteiger charge is -2.07. The molecule has 0 radical (unpaired) electrons. The molecule has 2 nitrogen and oxygen atoms in total. The zero-order valence-corrected chi connectivity index (χ0v) is 8.00. The van der Waals surface area contributed by atoms with Gasteiger partial charge in [-0.2, -0.15) is 0 Å². The minimum Gasteiger partial charge on any atom is -0.561 e. The van der Waals surface area contributed by atoms with Gasteiger partial charge in [0, 0.05) is 4.79 Å². The lowest BCUT2D eigenvalue weighted by Crippen LogP contribution is -1.97. The van der Waals surface area contributed by atoms with E-state index in [1.54, 1.807) is 12.1 Å². The molecule has 1 aromatic rings. The molecule has 0 heterocycles. The molecular weight excluding hydrogens is 164 g/mol. The lowest BCUT2D eigenvalue weighted by atomic mass is 9.98. The molecule has 0 amide bonds. The monoisotopic (exact) mass is 179 g/mol. The molecule has 1 unspecified atom stereocenters. The molecule has 0 aliphatic rings. The van der Waals surface area contributed by atoms with Crippen molar-refractivity contribution >= 4 is 5.97 Å². The smallest absolute Gasteiger partial charge is 0.549 e. The Morgan fingerprint density at radius 1 is 1.38 bits per heavy atom. The molecule has 0 aromatic heterocycles. The van der Waals surface area contributed by atoms with Crippen LogP contribution in [0.15, 0.2) is 24.3 Å². The maximum atomic E-state index is 10.7. The van der Waals surface area contributed by atoms with E-state index in [1.807, 2.05) is 12.1 Å². The minimum absolute atomic E-state index is 0.465. The van der Waals surface area contributed by atoms with Crippen LogP contribution in [0.4, 0.5) is 0 Å². The van der Waals surface area contributed by atoms with Crippen molar-refractivity contribution in [2.75, 3.05) is 0 Å². The molecule has 13 heavy (non-hydrogen) atoms. The number of benzene rings is 1. The third-order valence-electron chi connectivity index (χ3n) is 2.35. The molecule has 0 bridgehead atoms. The summed E-state index contributed by atoms with van der Waals surface area (Å²) in [5.74, 6) is -0.0920. The number of carbonyl (C=O) groups excluding carboxylic acids is 1. The average Bonchev–Trinajstić information content (AvgIpc) is 2.17. The summed E-state index contributed by atoms with van der Waals surface area (Å²) < 4.78 is 0. The van der Waals surface area contributed by atoms with Gasteiger partial charge in [0.1, 0.15) is 5.56 Å². The molecule has 2 heteroatoms. The van der Waals surface area contributed by atoms with Crippen LogP contribution in [0.25, 0.3) is 0 Å². The van der Waals surface area contributed by atoms with Crippen molar-refractivity contribution in [3.63, 3.8) is 0 Å². The second-order valence-electron chi connectivity index (χ2n) is 3.26. The fourth-order valence-corrected chi connectivity index (χ4v) is 1.20. The summed E-state index contributed by atoms with van der Waals surface area (Å²) in [7, 11) is 0. The first-order valence-corrected chi connectivity index (χ1v) is 4.51. The van der Waals surface area contributed by atoms with Crippen LogP contribution in [0.5, 0.6) is 0 Å². The SMILES string of the molecule is CCC(C)c1ccc(C(=O)[OH2+])cc1. The first-order chi connectivity index (χ1) is 6.15. The maximum absolute atomic E-state index is 10.7. The van der Waals surface area contributed by atoms with Gasteiger partial charge in [-0.15, -0.1) is 0 Å². The van der Waals surface area contributed by atoms with Gasteiger partial charge in [-0.05, 0) is 30.0 Å². The van der Waals surface area contributed by atoms with Gasteiger partial charge in [0.25, 0.3) is 0 Å². The fourth-order valence-electron chi connectivity index (χ4n) is 1.20. The predicted molar refractivity (Wildman–Crippen MR) is 53.1 cm³/mol.